The number of likely N-dealkylation sites (N-methyl/N-ethyl adjacent to an activating group) is 1. The third-order valence-electron chi connectivity index (χ3n) is 5.90. The van der Waals surface area contributed by atoms with Crippen LogP contribution in [0.3, 0.4) is 0 Å². The standard InChI is InChI=1S/C20H34ClN6O.Y/c1-9-10-11-27(17-23-14-22-16(21)24-17)19(4,5)13-26-12-18(2,3)25(8)20(6,7)15(26)28;/h9-13H2,1-8H3;/q-1;. The molecule has 161 valence electrons. The van der Waals surface area contributed by atoms with Gasteiger partial charge in [-0.1, -0.05) is 13.3 Å². The van der Waals surface area contributed by atoms with Crippen LogP contribution in [0.1, 0.15) is 61.3 Å². The largest absolute Gasteiger partial charge is 0.387 e. The van der Waals surface area contributed by atoms with Crippen molar-refractivity contribution in [3.63, 3.8) is 0 Å². The van der Waals surface area contributed by atoms with Crippen molar-refractivity contribution in [3.05, 3.63) is 11.6 Å². The van der Waals surface area contributed by atoms with E-state index in [2.05, 4.69) is 65.7 Å². The second-order valence-corrected chi connectivity index (χ2v) is 9.75. The molecule has 1 aromatic rings. The molecule has 0 N–H and O–H groups in total. The fourth-order valence-corrected chi connectivity index (χ4v) is 4.08. The normalized spacial score (nSPS) is 19.1. The summed E-state index contributed by atoms with van der Waals surface area (Å²) in [7, 11) is 2.02. The van der Waals surface area contributed by atoms with Crippen LogP contribution in [0.5, 0.6) is 0 Å². The Morgan fingerprint density at radius 2 is 1.86 bits per heavy atom. The molecule has 29 heavy (non-hydrogen) atoms. The van der Waals surface area contributed by atoms with Gasteiger partial charge >= 0.3 is 0 Å². The van der Waals surface area contributed by atoms with E-state index in [4.69, 9.17) is 11.6 Å². The number of rotatable bonds is 7. The van der Waals surface area contributed by atoms with E-state index in [-0.39, 0.29) is 55.0 Å². The van der Waals surface area contributed by atoms with Gasteiger partial charge in [-0.3, -0.25) is 9.69 Å². The molecule has 7 nitrogen and oxygen atoms in total. The first-order valence-corrected chi connectivity index (χ1v) is 10.3. The van der Waals surface area contributed by atoms with E-state index in [1.165, 1.54) is 0 Å². The minimum atomic E-state index is -0.559. The molecule has 0 saturated carbocycles. The summed E-state index contributed by atoms with van der Waals surface area (Å²) < 4.78 is 0. The zero-order chi connectivity index (χ0) is 21.3. The zero-order valence-corrected chi connectivity index (χ0v) is 22.7. The number of halogens is 1. The van der Waals surface area contributed by atoms with Crippen LogP contribution < -0.4 is 4.90 Å². The van der Waals surface area contributed by atoms with Crippen molar-refractivity contribution >= 4 is 23.5 Å². The van der Waals surface area contributed by atoms with Gasteiger partial charge in [0.25, 0.3) is 0 Å². The first-order valence-electron chi connectivity index (χ1n) is 9.91. The maximum absolute atomic E-state index is 13.2. The Balaban J connectivity index is 0.00000420. The molecular formula is C20H34ClN6OY-. The summed E-state index contributed by atoms with van der Waals surface area (Å²) in [6.45, 7) is 16.7. The van der Waals surface area contributed by atoms with E-state index in [0.717, 1.165) is 19.4 Å². The Kier molecular flexibility index (Phi) is 9.05. The number of hydrogen-bond acceptors (Lipinski definition) is 6. The number of unbranched alkanes of at least 4 members (excludes halogenated alkanes) is 1. The van der Waals surface area contributed by atoms with Crippen molar-refractivity contribution in [2.24, 2.45) is 0 Å². The first-order chi connectivity index (χ1) is 12.8. The molecule has 0 spiro atoms. The summed E-state index contributed by atoms with van der Waals surface area (Å²) in [5.74, 6) is 0.636. The van der Waals surface area contributed by atoms with Crippen molar-refractivity contribution in [1.82, 2.24) is 24.8 Å². The number of carbonyl (C=O) groups excluding carboxylic acids is 1. The Bertz CT molecular complexity index is 712. The fraction of sp³-hybridized carbons (Fsp3) is 0.800. The average Bonchev–Trinajstić information content (AvgIpc) is 2.58. The fourth-order valence-electron chi connectivity index (χ4n) is 3.97. The first kappa shape index (κ1) is 26.7. The number of piperazine rings is 1. The summed E-state index contributed by atoms with van der Waals surface area (Å²) in [6, 6.07) is 0. The number of amides is 1. The molecule has 0 aromatic carbocycles. The quantitative estimate of drug-likeness (QED) is 0.539. The van der Waals surface area contributed by atoms with Crippen molar-refractivity contribution in [3.8, 4) is 0 Å². The van der Waals surface area contributed by atoms with Crippen LogP contribution in [0, 0.1) is 6.33 Å². The molecule has 1 aliphatic rings. The molecule has 0 bridgehead atoms. The van der Waals surface area contributed by atoms with E-state index in [0.29, 0.717) is 19.0 Å². The molecule has 0 atom stereocenters. The molecule has 1 aromatic heterocycles. The zero-order valence-electron chi connectivity index (χ0n) is 19.1. The Hall–Kier alpha value is -0.366. The third kappa shape index (κ3) is 5.87. The minimum Gasteiger partial charge on any atom is -0.387 e. The number of carbonyl (C=O) groups is 1. The Morgan fingerprint density at radius 3 is 2.41 bits per heavy atom. The second kappa shape index (κ2) is 9.84. The molecule has 1 radical (unpaired) electrons. The average molecular weight is 499 g/mol. The smallest absolute Gasteiger partial charge is 0.242 e. The molecular weight excluding hydrogens is 465 g/mol. The molecule has 2 heterocycles. The summed E-state index contributed by atoms with van der Waals surface area (Å²) in [5.41, 5.74) is -1.06. The van der Waals surface area contributed by atoms with Crippen LogP contribution >= 0.6 is 11.6 Å². The van der Waals surface area contributed by atoms with Crippen molar-refractivity contribution in [2.45, 2.75) is 77.9 Å². The van der Waals surface area contributed by atoms with E-state index in [1.807, 2.05) is 25.8 Å². The number of nitrogens with zero attached hydrogens (tertiary/aromatic N) is 6. The van der Waals surface area contributed by atoms with E-state index >= 15 is 0 Å². The molecule has 9 heteroatoms. The predicted molar refractivity (Wildman–Crippen MR) is 113 cm³/mol. The topological polar surface area (TPSA) is 65.5 Å². The minimum absolute atomic E-state index is 0. The summed E-state index contributed by atoms with van der Waals surface area (Å²) in [4.78, 5) is 31.8. The van der Waals surface area contributed by atoms with Gasteiger partial charge in [-0.05, 0) is 55.0 Å². The molecule has 0 aliphatic carbocycles. The molecule has 0 unspecified atom stereocenters. The van der Waals surface area contributed by atoms with Crippen LogP contribution in [0.25, 0.3) is 0 Å². The second-order valence-electron chi connectivity index (χ2n) is 9.41. The van der Waals surface area contributed by atoms with Crippen molar-refractivity contribution in [2.75, 3.05) is 31.6 Å². The number of hydrogen-bond donors (Lipinski definition) is 0. The van der Waals surface area contributed by atoms with Gasteiger partial charge in [-0.2, -0.15) is 0 Å². The van der Waals surface area contributed by atoms with Gasteiger partial charge in [0, 0.05) is 69.7 Å². The molecule has 1 aliphatic heterocycles. The van der Waals surface area contributed by atoms with Gasteiger partial charge in [-0.15, -0.1) is 11.6 Å². The number of aromatic nitrogens is 3. The van der Waals surface area contributed by atoms with E-state index in [1.54, 1.807) is 0 Å². The summed E-state index contributed by atoms with van der Waals surface area (Å²) >= 11 is 5.99. The maximum Gasteiger partial charge on any atom is 0.242 e. The van der Waals surface area contributed by atoms with E-state index in [9.17, 15) is 4.79 Å². The van der Waals surface area contributed by atoms with Gasteiger partial charge in [0.2, 0.25) is 5.91 Å². The van der Waals surface area contributed by atoms with Crippen LogP contribution in [0.4, 0.5) is 5.95 Å². The van der Waals surface area contributed by atoms with Crippen LogP contribution in [-0.4, -0.2) is 74.0 Å². The van der Waals surface area contributed by atoms with Crippen LogP contribution in [0.15, 0.2) is 0 Å². The van der Waals surface area contributed by atoms with Gasteiger partial charge in [0.1, 0.15) is 11.2 Å². The van der Waals surface area contributed by atoms with Crippen molar-refractivity contribution < 1.29 is 37.5 Å². The Labute approximate surface area is 205 Å². The predicted octanol–water partition coefficient (Wildman–Crippen LogP) is 3.04. The monoisotopic (exact) mass is 498 g/mol. The SMILES string of the molecule is CCCCN(c1n[c-]nc(Cl)n1)C(C)(C)CN1CC(C)(C)N(C)C(C)(C)C1=O.[Y]. The number of anilines is 1. The molecule has 2 rings (SSSR count). The van der Waals surface area contributed by atoms with Crippen molar-refractivity contribution in [1.29, 1.82) is 0 Å². The van der Waals surface area contributed by atoms with Gasteiger partial charge in [0.15, 0.2) is 0 Å². The molecule has 1 amide bonds. The van der Waals surface area contributed by atoms with E-state index < -0.39 is 5.54 Å². The maximum atomic E-state index is 13.2. The van der Waals surface area contributed by atoms with Crippen LogP contribution in [0.2, 0.25) is 5.28 Å². The summed E-state index contributed by atoms with van der Waals surface area (Å²) in [5, 5.41) is 0.125. The summed E-state index contributed by atoms with van der Waals surface area (Å²) in [6.07, 6.45) is 4.61. The van der Waals surface area contributed by atoms with Gasteiger partial charge in [0.05, 0.1) is 5.54 Å². The van der Waals surface area contributed by atoms with Gasteiger partial charge in [-0.25, -0.2) is 0 Å². The third-order valence-corrected chi connectivity index (χ3v) is 6.07. The Morgan fingerprint density at radius 1 is 1.24 bits per heavy atom. The molecule has 1 saturated heterocycles. The van der Waals surface area contributed by atoms with Gasteiger partial charge < -0.3 is 24.8 Å². The molecule has 1 fully saturated rings. The van der Waals surface area contributed by atoms with Crippen LogP contribution in [-0.2, 0) is 37.5 Å².